The topological polar surface area (TPSA) is 115 Å². The molecule has 4 aromatic rings. The summed E-state index contributed by atoms with van der Waals surface area (Å²) in [6.45, 7) is 4.00. The first-order valence-corrected chi connectivity index (χ1v) is 10.5. The molecule has 0 spiro atoms. The van der Waals surface area contributed by atoms with Gasteiger partial charge in [0.2, 0.25) is 11.8 Å². The fourth-order valence-corrected chi connectivity index (χ4v) is 3.27. The van der Waals surface area contributed by atoms with E-state index in [1.54, 1.807) is 6.07 Å². The molecule has 0 aliphatic carbocycles. The first kappa shape index (κ1) is 19.7. The Kier molecular flexibility index (Phi) is 5.53. The average molecular weight is 420 g/mol. The lowest BCUT2D eigenvalue weighted by Gasteiger charge is -2.10. The minimum atomic E-state index is 0.369. The number of H-pyrrole nitrogens is 1. The van der Waals surface area contributed by atoms with Crippen molar-refractivity contribution in [2.24, 2.45) is 0 Å². The van der Waals surface area contributed by atoms with Crippen LogP contribution in [0, 0.1) is 13.8 Å². The van der Waals surface area contributed by atoms with Crippen LogP contribution in [0.1, 0.15) is 11.1 Å². The van der Waals surface area contributed by atoms with Gasteiger partial charge >= 0.3 is 0 Å². The number of aryl methyl sites for hydroxylation is 2. The smallest absolute Gasteiger partial charge is 0.226 e. The maximum absolute atomic E-state index is 5.92. The fourth-order valence-electron chi connectivity index (χ4n) is 2.90. The van der Waals surface area contributed by atoms with E-state index in [4.69, 9.17) is 10.5 Å². The molecule has 2 aromatic heterocycles. The van der Waals surface area contributed by atoms with E-state index >= 15 is 0 Å². The molecule has 0 saturated carbocycles. The second-order valence-corrected chi connectivity index (χ2v) is 7.49. The Morgan fingerprint density at radius 2 is 1.90 bits per heavy atom. The number of nitrogens with one attached hydrogen (secondary N) is 2. The molecular formula is C21H21N7OS. The Morgan fingerprint density at radius 3 is 2.67 bits per heavy atom. The summed E-state index contributed by atoms with van der Waals surface area (Å²) in [5.41, 5.74) is 9.77. The van der Waals surface area contributed by atoms with Crippen molar-refractivity contribution in [3.63, 3.8) is 0 Å². The molecule has 0 saturated heterocycles. The molecule has 2 aromatic carbocycles. The number of nitrogen functional groups attached to an aromatic ring is 1. The Bertz CT molecular complexity index is 1190. The molecule has 4 N–H and O–H groups in total. The molecule has 2 heterocycles. The number of ether oxygens (including phenoxy) is 1. The quantitative estimate of drug-likeness (QED) is 0.304. The summed E-state index contributed by atoms with van der Waals surface area (Å²) in [5, 5.41) is 12.2. The van der Waals surface area contributed by atoms with E-state index < -0.39 is 0 Å². The van der Waals surface area contributed by atoms with E-state index in [1.807, 2.05) is 62.6 Å². The molecule has 0 atom stereocenters. The zero-order chi connectivity index (χ0) is 21.1. The zero-order valence-corrected chi connectivity index (χ0v) is 17.6. The second-order valence-electron chi connectivity index (χ2n) is 6.72. The predicted molar refractivity (Wildman–Crippen MR) is 119 cm³/mol. The van der Waals surface area contributed by atoms with Crippen LogP contribution in [-0.4, -0.2) is 31.4 Å². The summed E-state index contributed by atoms with van der Waals surface area (Å²) in [6, 6.07) is 15.4. The van der Waals surface area contributed by atoms with Crippen molar-refractivity contribution >= 4 is 29.2 Å². The molecule has 4 rings (SSSR count). The number of aromatic amines is 1. The van der Waals surface area contributed by atoms with Gasteiger partial charge in [-0.15, -0.1) is 10.2 Å². The molecule has 152 valence electrons. The van der Waals surface area contributed by atoms with Crippen molar-refractivity contribution in [1.29, 1.82) is 0 Å². The van der Waals surface area contributed by atoms with Gasteiger partial charge in [0.05, 0.1) is 0 Å². The van der Waals surface area contributed by atoms with Gasteiger partial charge in [0, 0.05) is 17.3 Å². The largest absolute Gasteiger partial charge is 0.439 e. The van der Waals surface area contributed by atoms with Crippen molar-refractivity contribution in [3.05, 3.63) is 59.7 Å². The van der Waals surface area contributed by atoms with Crippen molar-refractivity contribution < 1.29 is 4.74 Å². The van der Waals surface area contributed by atoms with Crippen molar-refractivity contribution in [2.45, 2.75) is 19.0 Å². The molecule has 0 bridgehead atoms. The number of hydrogen-bond acceptors (Lipinski definition) is 8. The van der Waals surface area contributed by atoms with E-state index in [9.17, 15) is 0 Å². The highest BCUT2D eigenvalue weighted by atomic mass is 32.2. The molecule has 0 fully saturated rings. The number of nitrogens with two attached hydrogens (primary N) is 1. The summed E-state index contributed by atoms with van der Waals surface area (Å²) < 4.78 is 5.92. The Hall–Kier alpha value is -3.59. The SMILES string of the molecule is CSc1nc(N)cc(Oc2ccc(-c3nnc(Nc4cccc(C)c4)[nH]3)cc2C)n1. The molecule has 0 aliphatic heterocycles. The lowest BCUT2D eigenvalue weighted by atomic mass is 10.1. The van der Waals surface area contributed by atoms with Gasteiger partial charge in [0.25, 0.3) is 0 Å². The van der Waals surface area contributed by atoms with Crippen LogP contribution >= 0.6 is 11.8 Å². The predicted octanol–water partition coefficient (Wildman–Crippen LogP) is 4.72. The second kappa shape index (κ2) is 8.42. The summed E-state index contributed by atoms with van der Waals surface area (Å²) in [5.74, 6) is 2.70. The molecule has 9 heteroatoms. The maximum atomic E-state index is 5.92. The number of aromatic nitrogens is 5. The minimum Gasteiger partial charge on any atom is -0.439 e. The number of benzene rings is 2. The van der Waals surface area contributed by atoms with Gasteiger partial charge in [0.15, 0.2) is 11.0 Å². The van der Waals surface area contributed by atoms with Gasteiger partial charge in [-0.1, -0.05) is 23.9 Å². The van der Waals surface area contributed by atoms with E-state index in [0.717, 1.165) is 16.8 Å². The molecule has 0 radical (unpaired) electrons. The lowest BCUT2D eigenvalue weighted by molar-refractivity contribution is 0.453. The third-order valence-corrected chi connectivity index (χ3v) is 4.86. The van der Waals surface area contributed by atoms with Crippen LogP contribution in [0.4, 0.5) is 17.5 Å². The number of hydrogen-bond donors (Lipinski definition) is 3. The molecular weight excluding hydrogens is 398 g/mol. The minimum absolute atomic E-state index is 0.369. The Morgan fingerprint density at radius 1 is 1.03 bits per heavy atom. The lowest BCUT2D eigenvalue weighted by Crippen LogP contribution is -1.98. The van der Waals surface area contributed by atoms with Crippen molar-refractivity contribution in [1.82, 2.24) is 25.1 Å². The monoisotopic (exact) mass is 419 g/mol. The van der Waals surface area contributed by atoms with Gasteiger partial charge in [-0.2, -0.15) is 4.98 Å². The molecule has 0 unspecified atom stereocenters. The fraction of sp³-hybridized carbons (Fsp3) is 0.143. The van der Waals surface area contributed by atoms with Crippen molar-refractivity contribution in [2.75, 3.05) is 17.3 Å². The van der Waals surface area contributed by atoms with Crippen LogP contribution in [0.15, 0.2) is 53.7 Å². The number of rotatable bonds is 6. The highest BCUT2D eigenvalue weighted by Gasteiger charge is 2.11. The highest BCUT2D eigenvalue weighted by molar-refractivity contribution is 7.98. The number of thioether (sulfide) groups is 1. The number of nitrogens with zero attached hydrogens (tertiary/aromatic N) is 4. The first-order chi connectivity index (χ1) is 14.5. The van der Waals surface area contributed by atoms with E-state index in [1.165, 1.54) is 17.3 Å². The third kappa shape index (κ3) is 4.52. The van der Waals surface area contributed by atoms with Gasteiger partial charge in [-0.05, 0) is 61.6 Å². The van der Waals surface area contributed by atoms with Gasteiger partial charge < -0.3 is 20.8 Å². The summed E-state index contributed by atoms with van der Waals surface area (Å²) in [6.07, 6.45) is 1.89. The Balaban J connectivity index is 1.52. The summed E-state index contributed by atoms with van der Waals surface area (Å²) >= 11 is 1.41. The van der Waals surface area contributed by atoms with E-state index in [2.05, 4.69) is 30.5 Å². The van der Waals surface area contributed by atoms with Crippen LogP contribution in [0.3, 0.4) is 0 Å². The molecule has 0 aliphatic rings. The van der Waals surface area contributed by atoms with Crippen LogP contribution < -0.4 is 15.8 Å². The normalized spacial score (nSPS) is 10.8. The van der Waals surface area contributed by atoms with Gasteiger partial charge in [0.1, 0.15) is 11.6 Å². The Labute approximate surface area is 178 Å². The first-order valence-electron chi connectivity index (χ1n) is 9.24. The van der Waals surface area contributed by atoms with Crippen LogP contribution in [-0.2, 0) is 0 Å². The maximum Gasteiger partial charge on any atom is 0.226 e. The van der Waals surface area contributed by atoms with Crippen LogP contribution in [0.5, 0.6) is 11.6 Å². The average Bonchev–Trinajstić information content (AvgIpc) is 3.17. The zero-order valence-electron chi connectivity index (χ0n) is 16.8. The summed E-state index contributed by atoms with van der Waals surface area (Å²) in [7, 11) is 0. The molecule has 30 heavy (non-hydrogen) atoms. The van der Waals surface area contributed by atoms with E-state index in [0.29, 0.717) is 34.4 Å². The third-order valence-electron chi connectivity index (χ3n) is 4.32. The molecule has 0 amide bonds. The van der Waals surface area contributed by atoms with Gasteiger partial charge in [-0.3, -0.25) is 0 Å². The summed E-state index contributed by atoms with van der Waals surface area (Å²) in [4.78, 5) is 11.7. The number of anilines is 3. The van der Waals surface area contributed by atoms with Crippen LogP contribution in [0.25, 0.3) is 11.4 Å². The van der Waals surface area contributed by atoms with Gasteiger partial charge in [-0.25, -0.2) is 4.98 Å². The van der Waals surface area contributed by atoms with Crippen LogP contribution in [0.2, 0.25) is 0 Å². The molecule has 8 nitrogen and oxygen atoms in total. The standard InChI is InChI=1S/C21H21N7OS/c1-12-5-4-6-15(9-12)23-20-26-19(27-28-20)14-7-8-16(13(2)10-14)29-18-11-17(22)24-21(25-18)30-3/h4-11H,1-3H3,(H2,22,24,25)(H2,23,26,27,28). The highest BCUT2D eigenvalue weighted by Crippen LogP contribution is 2.29. The van der Waals surface area contributed by atoms with Crippen molar-refractivity contribution in [3.8, 4) is 23.0 Å². The van der Waals surface area contributed by atoms with E-state index in [-0.39, 0.29) is 0 Å².